The van der Waals surface area contributed by atoms with E-state index in [1.807, 2.05) is 35.8 Å². The van der Waals surface area contributed by atoms with E-state index in [9.17, 15) is 4.79 Å². The molecule has 0 spiro atoms. The maximum absolute atomic E-state index is 12.7. The standard InChI is InChI=1S/C24H25N5O/c1-16-12-20-21(27-24(16)25)13-18(26-20)14-29-19(8-4-10-23(29)30)15-28-11-5-7-17-6-2-3-9-22(17)28/h2-4,6,8-10,12-13,26H,5,7,11,14-15H2,1H3,(H2,25,27). The van der Waals surface area contributed by atoms with Crippen LogP contribution in [0.5, 0.6) is 0 Å². The lowest BCUT2D eigenvalue weighted by Gasteiger charge is -2.32. The SMILES string of the molecule is Cc1cc2[nH]c(Cn3c(CN4CCCc5ccccc54)cccc3=O)cc2nc1N. The predicted molar refractivity (Wildman–Crippen MR) is 121 cm³/mol. The van der Waals surface area contributed by atoms with Gasteiger partial charge in [0.2, 0.25) is 0 Å². The van der Waals surface area contributed by atoms with Crippen molar-refractivity contribution in [2.75, 3.05) is 17.2 Å². The molecule has 0 amide bonds. The highest BCUT2D eigenvalue weighted by Crippen LogP contribution is 2.28. The number of hydrogen-bond acceptors (Lipinski definition) is 4. The van der Waals surface area contributed by atoms with Crippen LogP contribution in [0.1, 0.15) is 28.9 Å². The number of nitrogen functional groups attached to an aromatic ring is 1. The van der Waals surface area contributed by atoms with E-state index >= 15 is 0 Å². The average Bonchev–Trinajstić information content (AvgIpc) is 3.12. The van der Waals surface area contributed by atoms with Gasteiger partial charge in [0.05, 0.1) is 24.1 Å². The molecule has 5 rings (SSSR count). The first-order chi connectivity index (χ1) is 14.6. The summed E-state index contributed by atoms with van der Waals surface area (Å²) in [7, 11) is 0. The molecule has 6 heteroatoms. The summed E-state index contributed by atoms with van der Waals surface area (Å²) in [6, 6.07) is 18.0. The molecular weight excluding hydrogens is 374 g/mol. The van der Waals surface area contributed by atoms with Gasteiger partial charge >= 0.3 is 0 Å². The van der Waals surface area contributed by atoms with Crippen molar-refractivity contribution < 1.29 is 0 Å². The van der Waals surface area contributed by atoms with E-state index in [-0.39, 0.29) is 5.56 Å². The minimum absolute atomic E-state index is 0.0000966. The highest BCUT2D eigenvalue weighted by atomic mass is 16.1. The fourth-order valence-electron chi connectivity index (χ4n) is 4.33. The molecule has 1 aliphatic rings. The number of para-hydroxylation sites is 1. The second-order valence-corrected chi connectivity index (χ2v) is 8.01. The van der Waals surface area contributed by atoms with Crippen molar-refractivity contribution in [2.45, 2.75) is 32.9 Å². The van der Waals surface area contributed by atoms with Crippen molar-refractivity contribution in [3.63, 3.8) is 0 Å². The predicted octanol–water partition coefficient (Wildman–Crippen LogP) is 3.62. The molecule has 0 saturated carbocycles. The maximum Gasteiger partial charge on any atom is 0.251 e. The van der Waals surface area contributed by atoms with Crippen LogP contribution in [-0.4, -0.2) is 21.1 Å². The van der Waals surface area contributed by atoms with Gasteiger partial charge in [-0.1, -0.05) is 24.3 Å². The number of nitrogens with zero attached hydrogens (tertiary/aromatic N) is 3. The molecule has 1 aliphatic heterocycles. The average molecular weight is 399 g/mol. The minimum Gasteiger partial charge on any atom is -0.383 e. The highest BCUT2D eigenvalue weighted by molar-refractivity contribution is 5.79. The summed E-state index contributed by atoms with van der Waals surface area (Å²) in [6.07, 6.45) is 2.24. The van der Waals surface area contributed by atoms with Crippen LogP contribution in [0.15, 0.2) is 59.4 Å². The summed E-state index contributed by atoms with van der Waals surface area (Å²) in [5.41, 5.74) is 13.2. The maximum atomic E-state index is 12.7. The van der Waals surface area contributed by atoms with Gasteiger partial charge in [-0.05, 0) is 55.2 Å². The number of anilines is 2. The third-order valence-electron chi connectivity index (χ3n) is 5.92. The zero-order chi connectivity index (χ0) is 20.7. The van der Waals surface area contributed by atoms with Crippen LogP contribution in [0.25, 0.3) is 11.0 Å². The molecule has 0 unspecified atom stereocenters. The van der Waals surface area contributed by atoms with Crippen LogP contribution in [0.2, 0.25) is 0 Å². The summed E-state index contributed by atoms with van der Waals surface area (Å²) in [6.45, 7) is 4.12. The molecule has 0 atom stereocenters. The van der Waals surface area contributed by atoms with Crippen molar-refractivity contribution in [3.05, 3.63) is 87.5 Å². The zero-order valence-corrected chi connectivity index (χ0v) is 17.1. The first kappa shape index (κ1) is 18.5. The second kappa shape index (κ2) is 7.37. The van der Waals surface area contributed by atoms with Crippen LogP contribution < -0.4 is 16.2 Å². The van der Waals surface area contributed by atoms with Crippen LogP contribution in [0, 0.1) is 6.92 Å². The van der Waals surface area contributed by atoms with E-state index < -0.39 is 0 Å². The molecule has 0 radical (unpaired) electrons. The normalized spacial score (nSPS) is 13.6. The van der Waals surface area contributed by atoms with E-state index in [1.165, 1.54) is 11.3 Å². The first-order valence-electron chi connectivity index (χ1n) is 10.3. The molecule has 0 fully saturated rings. The summed E-state index contributed by atoms with van der Waals surface area (Å²) in [4.78, 5) is 23.0. The Kier molecular flexibility index (Phi) is 4.54. The number of H-pyrrole nitrogens is 1. The second-order valence-electron chi connectivity index (χ2n) is 8.01. The highest BCUT2D eigenvalue weighted by Gasteiger charge is 2.18. The Balaban J connectivity index is 1.48. The number of fused-ring (bicyclic) bond motifs is 2. The summed E-state index contributed by atoms with van der Waals surface area (Å²) >= 11 is 0. The molecule has 6 nitrogen and oxygen atoms in total. The lowest BCUT2D eigenvalue weighted by Crippen LogP contribution is -2.32. The molecule has 4 heterocycles. The number of benzene rings is 1. The smallest absolute Gasteiger partial charge is 0.251 e. The molecule has 3 N–H and O–H groups in total. The third-order valence-corrected chi connectivity index (χ3v) is 5.92. The van der Waals surface area contributed by atoms with Crippen LogP contribution >= 0.6 is 0 Å². The number of nitrogens with one attached hydrogen (secondary N) is 1. The fraction of sp³-hybridized carbons (Fsp3) is 0.250. The van der Waals surface area contributed by atoms with Crippen molar-refractivity contribution in [3.8, 4) is 0 Å². The molecule has 0 bridgehead atoms. The molecule has 152 valence electrons. The fourth-order valence-corrected chi connectivity index (χ4v) is 4.33. The van der Waals surface area contributed by atoms with E-state index in [4.69, 9.17) is 5.73 Å². The number of hydrogen-bond donors (Lipinski definition) is 2. The van der Waals surface area contributed by atoms with Crippen LogP contribution in [0.3, 0.4) is 0 Å². The number of aromatic amines is 1. The van der Waals surface area contributed by atoms with Crippen molar-refractivity contribution >= 4 is 22.5 Å². The lowest BCUT2D eigenvalue weighted by molar-refractivity contribution is 0.635. The van der Waals surface area contributed by atoms with Gasteiger partial charge in [0.15, 0.2) is 0 Å². The monoisotopic (exact) mass is 399 g/mol. The van der Waals surface area contributed by atoms with E-state index in [0.29, 0.717) is 18.9 Å². The molecule has 4 aromatic rings. The van der Waals surface area contributed by atoms with Crippen molar-refractivity contribution in [1.29, 1.82) is 0 Å². The lowest BCUT2D eigenvalue weighted by atomic mass is 10.0. The van der Waals surface area contributed by atoms with Gasteiger partial charge in [-0.2, -0.15) is 0 Å². The van der Waals surface area contributed by atoms with Crippen LogP contribution in [0.4, 0.5) is 11.5 Å². The third kappa shape index (κ3) is 3.34. The molecular formula is C24H25N5O. The van der Waals surface area contributed by atoms with Crippen molar-refractivity contribution in [2.24, 2.45) is 0 Å². The Morgan fingerprint density at radius 3 is 2.87 bits per heavy atom. The summed E-state index contributed by atoms with van der Waals surface area (Å²) in [5.74, 6) is 0.536. The van der Waals surface area contributed by atoms with E-state index in [0.717, 1.165) is 47.4 Å². The summed E-state index contributed by atoms with van der Waals surface area (Å²) < 4.78 is 1.85. The molecule has 1 aromatic carbocycles. The van der Waals surface area contributed by atoms with Gasteiger partial charge in [0, 0.05) is 29.7 Å². The van der Waals surface area contributed by atoms with Crippen molar-refractivity contribution in [1.82, 2.24) is 14.5 Å². The molecule has 30 heavy (non-hydrogen) atoms. The van der Waals surface area contributed by atoms with Gasteiger partial charge in [-0.3, -0.25) is 4.79 Å². The van der Waals surface area contributed by atoms with Gasteiger partial charge in [-0.15, -0.1) is 0 Å². The topological polar surface area (TPSA) is 79.9 Å². The van der Waals surface area contributed by atoms with Gasteiger partial charge in [-0.25, -0.2) is 4.98 Å². The van der Waals surface area contributed by atoms with Crippen LogP contribution in [-0.2, 0) is 19.5 Å². The number of nitrogens with two attached hydrogens (primary N) is 1. The summed E-state index contributed by atoms with van der Waals surface area (Å²) in [5, 5.41) is 0. The Morgan fingerprint density at radius 2 is 1.97 bits per heavy atom. The Morgan fingerprint density at radius 1 is 1.10 bits per heavy atom. The Hall–Kier alpha value is -3.54. The zero-order valence-electron chi connectivity index (χ0n) is 17.1. The molecule has 0 saturated heterocycles. The number of pyridine rings is 2. The number of aryl methyl sites for hydroxylation is 2. The van der Waals surface area contributed by atoms with E-state index in [2.05, 4.69) is 39.1 Å². The number of aromatic nitrogens is 3. The molecule has 0 aliphatic carbocycles. The van der Waals surface area contributed by atoms with Gasteiger partial charge in [0.1, 0.15) is 5.82 Å². The first-order valence-corrected chi connectivity index (χ1v) is 10.3. The van der Waals surface area contributed by atoms with Gasteiger partial charge < -0.3 is 20.2 Å². The quantitative estimate of drug-likeness (QED) is 0.549. The minimum atomic E-state index is 0.0000966. The Bertz CT molecular complexity index is 1250. The Labute approximate surface area is 175 Å². The number of rotatable bonds is 4. The molecule has 3 aromatic heterocycles. The van der Waals surface area contributed by atoms with E-state index in [1.54, 1.807) is 6.07 Å². The van der Waals surface area contributed by atoms with Gasteiger partial charge in [0.25, 0.3) is 5.56 Å². The largest absolute Gasteiger partial charge is 0.383 e.